The highest BCUT2D eigenvalue weighted by atomic mass is 19.1. The van der Waals surface area contributed by atoms with Crippen molar-refractivity contribution in [1.82, 2.24) is 15.3 Å². The minimum absolute atomic E-state index is 0.0688. The number of hydrogen-bond donors (Lipinski definition) is 3. The lowest BCUT2D eigenvalue weighted by Crippen LogP contribution is -2.49. The van der Waals surface area contributed by atoms with Gasteiger partial charge in [-0.2, -0.15) is 0 Å². The van der Waals surface area contributed by atoms with Gasteiger partial charge in [0.25, 0.3) is 0 Å². The molecule has 1 aromatic carbocycles. The van der Waals surface area contributed by atoms with Crippen molar-refractivity contribution in [3.8, 4) is 17.0 Å². The maximum absolute atomic E-state index is 15.1. The first-order valence-corrected chi connectivity index (χ1v) is 11.7. The van der Waals surface area contributed by atoms with Crippen LogP contribution in [0.5, 0.6) is 5.88 Å². The zero-order valence-corrected chi connectivity index (χ0v) is 18.9. The molecule has 1 saturated carbocycles. The Labute approximate surface area is 196 Å². The molecule has 1 saturated heterocycles. The van der Waals surface area contributed by atoms with Crippen LogP contribution in [-0.4, -0.2) is 48.4 Å². The van der Waals surface area contributed by atoms with Crippen LogP contribution in [-0.2, 0) is 4.74 Å². The standard InChI is InChI=1S/C25H26FN5O3/c1-14-18(12-30-23-22(14)28-6-7-33-23)17-8-15-10-21(29-11-16(15)9-19(17)26)31-24(32)34-20-2-3-25(20)4-5-27-13-25/h8-12,20,27-28H,2-7,13H2,1H3,(H,29,31,32)/t20-,25?/m0/s1. The first-order valence-electron chi connectivity index (χ1n) is 11.7. The van der Waals surface area contributed by atoms with E-state index in [2.05, 4.69) is 25.9 Å². The molecule has 2 aliphatic heterocycles. The summed E-state index contributed by atoms with van der Waals surface area (Å²) in [5.41, 5.74) is 2.85. The molecule has 1 aliphatic carbocycles. The molecule has 0 radical (unpaired) electrons. The van der Waals surface area contributed by atoms with Crippen LogP contribution in [0.15, 0.2) is 30.6 Å². The molecule has 176 valence electrons. The molecule has 34 heavy (non-hydrogen) atoms. The van der Waals surface area contributed by atoms with Gasteiger partial charge in [0.2, 0.25) is 5.88 Å². The third-order valence-electron chi connectivity index (χ3n) is 7.39. The van der Waals surface area contributed by atoms with E-state index in [0.717, 1.165) is 49.0 Å². The lowest BCUT2D eigenvalue weighted by atomic mass is 9.65. The van der Waals surface area contributed by atoms with E-state index in [1.54, 1.807) is 24.5 Å². The molecular weight excluding hydrogens is 437 g/mol. The number of benzene rings is 1. The van der Waals surface area contributed by atoms with Crippen LogP contribution >= 0.6 is 0 Å². The minimum atomic E-state index is -0.508. The van der Waals surface area contributed by atoms with Crippen molar-refractivity contribution in [3.05, 3.63) is 42.0 Å². The number of anilines is 2. The lowest BCUT2D eigenvalue weighted by Gasteiger charge is -2.45. The van der Waals surface area contributed by atoms with Crippen molar-refractivity contribution in [2.45, 2.75) is 32.3 Å². The Morgan fingerprint density at radius 2 is 2.09 bits per heavy atom. The number of amides is 1. The quantitative estimate of drug-likeness (QED) is 0.535. The van der Waals surface area contributed by atoms with E-state index in [1.807, 2.05) is 6.92 Å². The molecule has 1 unspecified atom stereocenters. The molecule has 2 aromatic heterocycles. The number of aromatic nitrogens is 2. The fraction of sp³-hybridized carbons (Fsp3) is 0.400. The van der Waals surface area contributed by atoms with Crippen molar-refractivity contribution >= 4 is 28.4 Å². The number of carbonyl (C=O) groups excluding carboxylic acids is 1. The van der Waals surface area contributed by atoms with Crippen molar-refractivity contribution in [3.63, 3.8) is 0 Å². The molecule has 3 aliphatic rings. The van der Waals surface area contributed by atoms with Crippen LogP contribution in [0.2, 0.25) is 0 Å². The summed E-state index contributed by atoms with van der Waals surface area (Å²) in [6.07, 6.45) is 5.61. The van der Waals surface area contributed by atoms with Crippen LogP contribution in [0.3, 0.4) is 0 Å². The fourth-order valence-corrected chi connectivity index (χ4v) is 5.30. The number of nitrogens with one attached hydrogen (secondary N) is 3. The van der Waals surface area contributed by atoms with Gasteiger partial charge in [0.15, 0.2) is 0 Å². The lowest BCUT2D eigenvalue weighted by molar-refractivity contribution is -0.0554. The van der Waals surface area contributed by atoms with Gasteiger partial charge in [0.05, 0.1) is 0 Å². The third-order valence-corrected chi connectivity index (χ3v) is 7.39. The molecule has 3 N–H and O–H groups in total. The largest absolute Gasteiger partial charge is 0.474 e. The summed E-state index contributed by atoms with van der Waals surface area (Å²) in [6.45, 7) is 5.01. The van der Waals surface area contributed by atoms with Crippen LogP contribution in [0, 0.1) is 18.2 Å². The highest BCUT2D eigenvalue weighted by molar-refractivity contribution is 5.92. The van der Waals surface area contributed by atoms with Gasteiger partial charge in [-0.3, -0.25) is 5.32 Å². The molecule has 3 aromatic rings. The Hall–Kier alpha value is -3.46. The van der Waals surface area contributed by atoms with Crippen LogP contribution in [0.1, 0.15) is 24.8 Å². The molecule has 6 rings (SSSR count). The van der Waals surface area contributed by atoms with E-state index in [0.29, 0.717) is 41.4 Å². The van der Waals surface area contributed by atoms with E-state index < -0.39 is 6.09 Å². The Bertz CT molecular complexity index is 1290. The van der Waals surface area contributed by atoms with Gasteiger partial charge in [-0.25, -0.2) is 19.2 Å². The Balaban J connectivity index is 1.26. The van der Waals surface area contributed by atoms with Gasteiger partial charge in [-0.15, -0.1) is 0 Å². The van der Waals surface area contributed by atoms with Crippen molar-refractivity contribution < 1.29 is 18.7 Å². The number of fused-ring (bicyclic) bond motifs is 2. The van der Waals surface area contributed by atoms with E-state index in [9.17, 15) is 4.79 Å². The number of halogens is 1. The summed E-state index contributed by atoms with van der Waals surface area (Å²) < 4.78 is 26.4. The van der Waals surface area contributed by atoms with Crippen molar-refractivity contribution in [2.24, 2.45) is 5.41 Å². The highest BCUT2D eigenvalue weighted by Gasteiger charge is 2.50. The van der Waals surface area contributed by atoms with Gasteiger partial charge in [-0.1, -0.05) is 0 Å². The highest BCUT2D eigenvalue weighted by Crippen LogP contribution is 2.47. The summed E-state index contributed by atoms with van der Waals surface area (Å²) in [4.78, 5) is 21.2. The molecule has 1 amide bonds. The summed E-state index contributed by atoms with van der Waals surface area (Å²) in [5.74, 6) is 0.532. The zero-order chi connectivity index (χ0) is 23.3. The van der Waals surface area contributed by atoms with Gasteiger partial charge >= 0.3 is 6.09 Å². The number of rotatable bonds is 3. The molecule has 0 bridgehead atoms. The number of hydrogen-bond acceptors (Lipinski definition) is 7. The Morgan fingerprint density at radius 1 is 1.18 bits per heavy atom. The SMILES string of the molecule is Cc1c(-c2cc3cc(NC(=O)O[C@H]4CCC45CCNC5)ncc3cc2F)cnc2c1NCCO2. The van der Waals surface area contributed by atoms with Crippen molar-refractivity contribution in [2.75, 3.05) is 36.9 Å². The second kappa shape index (κ2) is 8.09. The number of ether oxygens (including phenoxy) is 2. The topological polar surface area (TPSA) is 97.4 Å². The number of carbonyl (C=O) groups is 1. The minimum Gasteiger partial charge on any atom is -0.474 e. The van der Waals surface area contributed by atoms with Crippen LogP contribution < -0.4 is 20.7 Å². The number of nitrogens with zero attached hydrogens (tertiary/aromatic N) is 2. The van der Waals surface area contributed by atoms with Gasteiger partial charge < -0.3 is 20.1 Å². The van der Waals surface area contributed by atoms with E-state index in [-0.39, 0.29) is 17.3 Å². The van der Waals surface area contributed by atoms with Crippen LogP contribution in [0.25, 0.3) is 21.9 Å². The third kappa shape index (κ3) is 3.51. The summed E-state index contributed by atoms with van der Waals surface area (Å²) >= 11 is 0. The summed E-state index contributed by atoms with van der Waals surface area (Å²) in [6, 6.07) is 4.94. The first kappa shape index (κ1) is 21.1. The average molecular weight is 464 g/mol. The first-order chi connectivity index (χ1) is 16.5. The van der Waals surface area contributed by atoms with Crippen molar-refractivity contribution in [1.29, 1.82) is 0 Å². The second-order valence-electron chi connectivity index (χ2n) is 9.35. The molecular formula is C25H26FN5O3. The van der Waals surface area contributed by atoms with E-state index >= 15 is 4.39 Å². The van der Waals surface area contributed by atoms with E-state index in [4.69, 9.17) is 9.47 Å². The Kier molecular flexibility index (Phi) is 5.02. The predicted octanol–water partition coefficient (Wildman–Crippen LogP) is 4.24. The Morgan fingerprint density at radius 3 is 2.88 bits per heavy atom. The molecule has 1 spiro atoms. The summed E-state index contributed by atoms with van der Waals surface area (Å²) in [7, 11) is 0. The number of pyridine rings is 2. The molecule has 9 heteroatoms. The molecule has 4 heterocycles. The molecule has 8 nitrogen and oxygen atoms in total. The molecule has 2 atom stereocenters. The predicted molar refractivity (Wildman–Crippen MR) is 127 cm³/mol. The van der Waals surface area contributed by atoms with Crippen LogP contribution in [0.4, 0.5) is 20.7 Å². The zero-order valence-electron chi connectivity index (χ0n) is 18.9. The van der Waals surface area contributed by atoms with Gasteiger partial charge in [0.1, 0.15) is 30.0 Å². The van der Waals surface area contributed by atoms with Gasteiger partial charge in [0, 0.05) is 47.4 Å². The van der Waals surface area contributed by atoms with Gasteiger partial charge in [-0.05, 0) is 61.9 Å². The molecule has 2 fully saturated rings. The maximum atomic E-state index is 15.1. The fourth-order valence-electron chi connectivity index (χ4n) is 5.30. The normalized spacial score (nSPS) is 23.1. The summed E-state index contributed by atoms with van der Waals surface area (Å²) in [5, 5.41) is 10.8. The maximum Gasteiger partial charge on any atom is 0.413 e. The monoisotopic (exact) mass is 463 g/mol. The second-order valence-corrected chi connectivity index (χ2v) is 9.35. The average Bonchev–Trinajstić information content (AvgIpc) is 3.35. The van der Waals surface area contributed by atoms with E-state index in [1.165, 1.54) is 6.07 Å². The smallest absolute Gasteiger partial charge is 0.413 e.